The van der Waals surface area contributed by atoms with Crippen molar-refractivity contribution < 1.29 is 23.9 Å². The number of piperazine rings is 1. The Labute approximate surface area is 212 Å². The molecule has 5 rings (SSSR count). The maximum absolute atomic E-state index is 12.1. The number of carbonyl (C=O) groups is 1. The predicted molar refractivity (Wildman–Crippen MR) is 134 cm³/mol. The van der Waals surface area contributed by atoms with Crippen LogP contribution in [0.1, 0.15) is 22.8 Å². The number of anilines is 3. The summed E-state index contributed by atoms with van der Waals surface area (Å²) in [6, 6.07) is 12.4. The maximum Gasteiger partial charge on any atom is 0.353 e. The standard InChI is InChI=1S/C25H26N6O6/c1-2-35-25(32)18-4-6-19(7-5-18)28-23-22(31(33)34)24(27-15-26-23)30-11-9-29(10-12-30)14-17-3-8-20-21(13-17)37-16-36-20/h3-8,13,15H,2,9-12,14,16H2,1H3,(H,26,27,28). The summed E-state index contributed by atoms with van der Waals surface area (Å²) in [4.78, 5) is 36.0. The van der Waals surface area contributed by atoms with Crippen LogP contribution in [0.2, 0.25) is 0 Å². The third kappa shape index (κ3) is 5.38. The fourth-order valence-corrected chi connectivity index (χ4v) is 4.32. The first kappa shape index (κ1) is 24.3. The van der Waals surface area contributed by atoms with E-state index in [-0.39, 0.29) is 30.7 Å². The molecule has 12 heteroatoms. The Morgan fingerprint density at radius 3 is 2.57 bits per heavy atom. The summed E-state index contributed by atoms with van der Waals surface area (Å²) >= 11 is 0. The second-order valence-electron chi connectivity index (χ2n) is 8.53. The van der Waals surface area contributed by atoms with Gasteiger partial charge in [-0.1, -0.05) is 6.07 Å². The van der Waals surface area contributed by atoms with E-state index in [0.717, 1.165) is 23.6 Å². The SMILES string of the molecule is CCOC(=O)c1ccc(Nc2ncnc(N3CCN(Cc4ccc5c(c4)OCO5)CC3)c2[N+](=O)[O-])cc1. The van der Waals surface area contributed by atoms with Gasteiger partial charge in [-0.2, -0.15) is 0 Å². The molecule has 0 amide bonds. The largest absolute Gasteiger partial charge is 0.462 e. The highest BCUT2D eigenvalue weighted by Gasteiger charge is 2.29. The lowest BCUT2D eigenvalue weighted by molar-refractivity contribution is -0.383. The van der Waals surface area contributed by atoms with Crippen LogP contribution in [0.5, 0.6) is 11.5 Å². The van der Waals surface area contributed by atoms with Gasteiger partial charge < -0.3 is 24.4 Å². The first-order chi connectivity index (χ1) is 18.0. The lowest BCUT2D eigenvalue weighted by Crippen LogP contribution is -2.46. The molecule has 0 atom stereocenters. The van der Waals surface area contributed by atoms with Gasteiger partial charge in [0, 0.05) is 38.4 Å². The third-order valence-electron chi connectivity index (χ3n) is 6.16. The zero-order valence-corrected chi connectivity index (χ0v) is 20.3. The summed E-state index contributed by atoms with van der Waals surface area (Å²) in [5, 5.41) is 15.0. The van der Waals surface area contributed by atoms with Crippen LogP contribution in [0, 0.1) is 10.1 Å². The van der Waals surface area contributed by atoms with Crippen LogP contribution in [0.15, 0.2) is 48.8 Å². The monoisotopic (exact) mass is 506 g/mol. The van der Waals surface area contributed by atoms with Crippen molar-refractivity contribution in [2.75, 3.05) is 49.8 Å². The predicted octanol–water partition coefficient (Wildman–Crippen LogP) is 3.36. The molecule has 1 fully saturated rings. The molecule has 2 aliphatic rings. The zero-order chi connectivity index (χ0) is 25.8. The number of esters is 1. The number of ether oxygens (including phenoxy) is 3. The van der Waals surface area contributed by atoms with Gasteiger partial charge in [0.2, 0.25) is 18.4 Å². The topological polar surface area (TPSA) is 132 Å². The fourth-order valence-electron chi connectivity index (χ4n) is 4.32. The van der Waals surface area contributed by atoms with Crippen molar-refractivity contribution >= 4 is 29.0 Å². The quantitative estimate of drug-likeness (QED) is 0.274. The number of nitrogens with zero attached hydrogens (tertiary/aromatic N) is 5. The Morgan fingerprint density at radius 1 is 1.08 bits per heavy atom. The molecule has 37 heavy (non-hydrogen) atoms. The first-order valence-corrected chi connectivity index (χ1v) is 11.9. The van der Waals surface area contributed by atoms with E-state index in [1.54, 1.807) is 31.2 Å². The highest BCUT2D eigenvalue weighted by Crippen LogP contribution is 2.35. The second-order valence-corrected chi connectivity index (χ2v) is 8.53. The number of benzene rings is 2. The van der Waals surface area contributed by atoms with E-state index in [9.17, 15) is 14.9 Å². The number of carbonyl (C=O) groups excluding carboxylic acids is 1. The van der Waals surface area contributed by atoms with Crippen molar-refractivity contribution in [3.05, 3.63) is 70.0 Å². The van der Waals surface area contributed by atoms with Crippen LogP contribution < -0.4 is 19.7 Å². The van der Waals surface area contributed by atoms with Crippen molar-refractivity contribution in [1.82, 2.24) is 14.9 Å². The summed E-state index contributed by atoms with van der Waals surface area (Å²) in [6.45, 7) is 5.59. The fraction of sp³-hybridized carbons (Fsp3) is 0.320. The highest BCUT2D eigenvalue weighted by molar-refractivity contribution is 5.90. The molecule has 0 unspecified atom stereocenters. The van der Waals surface area contributed by atoms with E-state index in [0.29, 0.717) is 37.4 Å². The molecule has 2 aliphatic heterocycles. The molecular weight excluding hydrogens is 480 g/mol. The summed E-state index contributed by atoms with van der Waals surface area (Å²) in [6.07, 6.45) is 1.32. The average molecular weight is 507 g/mol. The van der Waals surface area contributed by atoms with Gasteiger partial charge in [0.15, 0.2) is 11.5 Å². The number of hydrogen-bond acceptors (Lipinski definition) is 11. The van der Waals surface area contributed by atoms with Crippen molar-refractivity contribution in [3.8, 4) is 11.5 Å². The van der Waals surface area contributed by atoms with Gasteiger partial charge in [0.05, 0.1) is 17.1 Å². The van der Waals surface area contributed by atoms with E-state index in [1.807, 2.05) is 23.1 Å². The highest BCUT2D eigenvalue weighted by atomic mass is 16.7. The number of hydrogen-bond donors (Lipinski definition) is 1. The summed E-state index contributed by atoms with van der Waals surface area (Å²) in [5.41, 5.74) is 1.87. The molecule has 0 radical (unpaired) electrons. The average Bonchev–Trinajstić information content (AvgIpc) is 3.37. The lowest BCUT2D eigenvalue weighted by atomic mass is 10.1. The third-order valence-corrected chi connectivity index (χ3v) is 6.16. The van der Waals surface area contributed by atoms with E-state index >= 15 is 0 Å². The minimum absolute atomic E-state index is 0.0849. The summed E-state index contributed by atoms with van der Waals surface area (Å²) in [7, 11) is 0. The van der Waals surface area contributed by atoms with Gasteiger partial charge in [-0.3, -0.25) is 15.0 Å². The van der Waals surface area contributed by atoms with Crippen LogP contribution in [0.25, 0.3) is 0 Å². The van der Waals surface area contributed by atoms with E-state index < -0.39 is 10.9 Å². The normalized spacial score (nSPS) is 14.9. The van der Waals surface area contributed by atoms with Crippen LogP contribution in [-0.2, 0) is 11.3 Å². The Balaban J connectivity index is 1.26. The van der Waals surface area contributed by atoms with Gasteiger partial charge in [0.25, 0.3) is 0 Å². The Kier molecular flexibility index (Phi) is 6.99. The number of fused-ring (bicyclic) bond motifs is 1. The van der Waals surface area contributed by atoms with Crippen LogP contribution in [0.3, 0.4) is 0 Å². The van der Waals surface area contributed by atoms with Crippen molar-refractivity contribution in [2.24, 2.45) is 0 Å². The van der Waals surface area contributed by atoms with Gasteiger partial charge in [-0.05, 0) is 48.9 Å². The summed E-state index contributed by atoms with van der Waals surface area (Å²) < 4.78 is 15.8. The van der Waals surface area contributed by atoms with E-state index in [1.165, 1.54) is 6.33 Å². The zero-order valence-electron chi connectivity index (χ0n) is 20.3. The molecule has 3 heterocycles. The molecule has 1 saturated heterocycles. The van der Waals surface area contributed by atoms with Crippen LogP contribution in [0.4, 0.5) is 23.0 Å². The maximum atomic E-state index is 12.1. The Morgan fingerprint density at radius 2 is 1.84 bits per heavy atom. The van der Waals surface area contributed by atoms with Gasteiger partial charge in [0.1, 0.15) is 6.33 Å². The molecule has 0 bridgehead atoms. The molecule has 1 N–H and O–H groups in total. The van der Waals surface area contributed by atoms with Crippen LogP contribution >= 0.6 is 0 Å². The number of nitrogens with one attached hydrogen (secondary N) is 1. The van der Waals surface area contributed by atoms with Gasteiger partial charge in [-0.15, -0.1) is 0 Å². The Hall–Kier alpha value is -4.45. The minimum Gasteiger partial charge on any atom is -0.462 e. The molecule has 2 aromatic carbocycles. The van der Waals surface area contributed by atoms with Gasteiger partial charge >= 0.3 is 11.7 Å². The molecule has 12 nitrogen and oxygen atoms in total. The molecule has 0 aliphatic carbocycles. The Bertz CT molecular complexity index is 1290. The van der Waals surface area contributed by atoms with Crippen molar-refractivity contribution in [3.63, 3.8) is 0 Å². The number of rotatable bonds is 8. The molecule has 0 saturated carbocycles. The smallest absolute Gasteiger partial charge is 0.353 e. The number of aromatic nitrogens is 2. The molecular formula is C25H26N6O6. The number of nitro groups is 1. The van der Waals surface area contributed by atoms with E-state index in [4.69, 9.17) is 14.2 Å². The first-order valence-electron chi connectivity index (χ1n) is 11.9. The van der Waals surface area contributed by atoms with Crippen molar-refractivity contribution in [1.29, 1.82) is 0 Å². The molecule has 192 valence electrons. The van der Waals surface area contributed by atoms with Crippen molar-refractivity contribution in [2.45, 2.75) is 13.5 Å². The molecule has 0 spiro atoms. The lowest BCUT2D eigenvalue weighted by Gasteiger charge is -2.35. The minimum atomic E-state index is -0.469. The van der Waals surface area contributed by atoms with E-state index in [2.05, 4.69) is 20.2 Å². The second kappa shape index (κ2) is 10.7. The van der Waals surface area contributed by atoms with Crippen LogP contribution in [-0.4, -0.2) is 65.3 Å². The van der Waals surface area contributed by atoms with Gasteiger partial charge in [-0.25, -0.2) is 14.8 Å². The molecule has 3 aromatic rings. The molecule has 1 aromatic heterocycles. The summed E-state index contributed by atoms with van der Waals surface area (Å²) in [5.74, 6) is 1.43.